The number of ketones is 1. The fraction of sp³-hybridized carbons (Fsp3) is 0.818. The number of carbonyl (C=O) groups excluding carboxylic acids is 4. The molecule has 8 unspecified atom stereocenters. The third kappa shape index (κ3) is 6.67. The maximum absolute atomic E-state index is 14.0. The van der Waals surface area contributed by atoms with E-state index < -0.39 is 69.8 Å². The number of allylic oxidation sites excluding steroid dienone is 1. The Morgan fingerprint density at radius 3 is 2.52 bits per heavy atom. The smallest absolute Gasteiger partial charge is 0.407 e. The molecule has 0 aromatic heterocycles. The van der Waals surface area contributed by atoms with Crippen LogP contribution in [0.1, 0.15) is 118 Å². The number of alkyl carbamates (subject to hydrolysis) is 1. The Labute approximate surface area is 356 Å². The average Bonchev–Trinajstić information content (AvgIpc) is 3.55. The molecule has 0 bridgehead atoms. The largest absolute Gasteiger partial charge is 0.439 e. The van der Waals surface area contributed by atoms with Crippen LogP contribution in [0.3, 0.4) is 0 Å². The van der Waals surface area contributed by atoms with Crippen molar-refractivity contribution < 1.29 is 53.8 Å². The highest BCUT2D eigenvalue weighted by molar-refractivity contribution is 8.00. The van der Waals surface area contributed by atoms with Gasteiger partial charge < -0.3 is 55.9 Å². The van der Waals surface area contributed by atoms with Crippen LogP contribution in [0.15, 0.2) is 23.3 Å². The van der Waals surface area contributed by atoms with Crippen LogP contribution < -0.4 is 21.3 Å². The number of amides is 4. The minimum absolute atomic E-state index is 0.0353. The first-order valence-corrected chi connectivity index (χ1v) is 23.4. The van der Waals surface area contributed by atoms with Crippen LogP contribution in [-0.2, 0) is 23.8 Å². The van der Waals surface area contributed by atoms with Gasteiger partial charge in [0.05, 0.1) is 35.3 Å². The predicted molar refractivity (Wildman–Crippen MR) is 222 cm³/mol. The quantitative estimate of drug-likeness (QED) is 0.0545. The normalized spacial score (nSPS) is 44.6. The molecular formula is C44H66N4O11S. The van der Waals surface area contributed by atoms with E-state index in [9.17, 15) is 39.6 Å². The number of hydrogen-bond donors (Lipinski definition) is 8. The van der Waals surface area contributed by atoms with Crippen molar-refractivity contribution >= 4 is 35.6 Å². The van der Waals surface area contributed by atoms with Crippen molar-refractivity contribution in [2.24, 2.45) is 22.7 Å². The van der Waals surface area contributed by atoms with Gasteiger partial charge in [-0.05, 0) is 128 Å². The van der Waals surface area contributed by atoms with Gasteiger partial charge in [-0.2, -0.15) is 11.8 Å². The van der Waals surface area contributed by atoms with Crippen LogP contribution in [0.2, 0.25) is 0 Å². The maximum atomic E-state index is 14.0. The fourth-order valence-corrected chi connectivity index (χ4v) is 14.5. The van der Waals surface area contributed by atoms with Crippen molar-refractivity contribution in [2.75, 3.05) is 18.8 Å². The number of epoxide rings is 1. The van der Waals surface area contributed by atoms with Crippen molar-refractivity contribution in [3.8, 4) is 0 Å². The van der Waals surface area contributed by atoms with E-state index in [2.05, 4.69) is 21.3 Å². The van der Waals surface area contributed by atoms with Gasteiger partial charge in [-0.15, -0.1) is 0 Å². The van der Waals surface area contributed by atoms with Crippen LogP contribution in [0.25, 0.3) is 0 Å². The summed E-state index contributed by atoms with van der Waals surface area (Å²) in [5.41, 5.74) is -6.81. The number of rotatable bonds is 14. The predicted octanol–water partition coefficient (Wildman–Crippen LogP) is 3.26. The minimum Gasteiger partial charge on any atom is -0.439 e. The summed E-state index contributed by atoms with van der Waals surface area (Å²) < 4.78 is 18.4. The molecule has 6 fully saturated rings. The Bertz CT molecular complexity index is 1810. The lowest BCUT2D eigenvalue weighted by atomic mass is 9.42. The lowest BCUT2D eigenvalue weighted by Gasteiger charge is -2.63. The number of hydrogen-bond acceptors (Lipinski definition) is 12. The maximum Gasteiger partial charge on any atom is 0.407 e. The highest BCUT2D eigenvalue weighted by Crippen LogP contribution is 2.75. The Morgan fingerprint density at radius 2 is 1.77 bits per heavy atom. The molecule has 334 valence electrons. The van der Waals surface area contributed by atoms with Crippen molar-refractivity contribution in [3.05, 3.63) is 23.3 Å². The molecule has 8 N–H and O–H groups in total. The van der Waals surface area contributed by atoms with Crippen LogP contribution in [-0.4, -0.2) is 127 Å². The molecule has 4 heterocycles. The van der Waals surface area contributed by atoms with E-state index >= 15 is 0 Å². The number of aliphatic hydroxyl groups is 4. The molecule has 8 rings (SSSR count). The topological polar surface area (TPSA) is 228 Å². The number of thioether (sulfide) groups is 1. The third-order valence-electron chi connectivity index (χ3n) is 17.0. The van der Waals surface area contributed by atoms with Gasteiger partial charge in [0.25, 0.3) is 0 Å². The molecule has 0 aromatic carbocycles. The zero-order valence-electron chi connectivity index (χ0n) is 35.7. The number of nitrogens with one attached hydrogen (secondary N) is 4. The molecule has 1 spiro atoms. The second-order valence-corrected chi connectivity index (χ2v) is 21.0. The highest BCUT2D eigenvalue weighted by atomic mass is 32.2. The van der Waals surface area contributed by atoms with E-state index in [4.69, 9.17) is 14.2 Å². The van der Waals surface area contributed by atoms with Gasteiger partial charge in [-0.1, -0.05) is 18.9 Å². The van der Waals surface area contributed by atoms with Gasteiger partial charge in [0.2, 0.25) is 5.91 Å². The molecular weight excluding hydrogens is 793 g/mol. The molecule has 4 aliphatic carbocycles. The highest BCUT2D eigenvalue weighted by Gasteiger charge is 2.85. The summed E-state index contributed by atoms with van der Waals surface area (Å²) in [6.45, 7) is 9.88. The Hall–Kier alpha value is -2.73. The molecule has 8 aliphatic rings. The molecule has 15 nitrogen and oxygen atoms in total. The van der Waals surface area contributed by atoms with E-state index in [0.717, 1.165) is 43.4 Å². The van der Waals surface area contributed by atoms with E-state index in [-0.39, 0.29) is 48.6 Å². The first kappa shape index (κ1) is 43.9. The summed E-state index contributed by atoms with van der Waals surface area (Å²) in [7, 11) is 0. The summed E-state index contributed by atoms with van der Waals surface area (Å²) in [4.78, 5) is 51.2. The minimum atomic E-state index is -1.82. The molecule has 60 heavy (non-hydrogen) atoms. The van der Waals surface area contributed by atoms with Crippen molar-refractivity contribution in [1.82, 2.24) is 21.3 Å². The van der Waals surface area contributed by atoms with Gasteiger partial charge in [-0.3, -0.25) is 9.59 Å². The van der Waals surface area contributed by atoms with Crippen LogP contribution in [0.5, 0.6) is 0 Å². The van der Waals surface area contributed by atoms with Crippen LogP contribution >= 0.6 is 11.8 Å². The lowest BCUT2D eigenvalue weighted by molar-refractivity contribution is -0.297. The van der Waals surface area contributed by atoms with Gasteiger partial charge >= 0.3 is 12.1 Å². The summed E-state index contributed by atoms with van der Waals surface area (Å²) in [5, 5.41) is 60.5. The molecule has 3 saturated heterocycles. The summed E-state index contributed by atoms with van der Waals surface area (Å²) in [6, 6.07) is 0.315. The van der Waals surface area contributed by atoms with Crippen molar-refractivity contribution in [2.45, 2.75) is 182 Å². The molecule has 15 atom stereocenters. The zero-order chi connectivity index (χ0) is 43.0. The third-order valence-corrected chi connectivity index (χ3v) is 18.5. The number of unbranched alkanes of at least 4 members (excludes halogenated alkanes) is 3. The Morgan fingerprint density at radius 1 is 1.02 bits per heavy atom. The number of urea groups is 1. The second-order valence-electron chi connectivity index (χ2n) is 19.8. The fourth-order valence-electron chi connectivity index (χ4n) is 13.0. The summed E-state index contributed by atoms with van der Waals surface area (Å²) >= 11 is 1.88. The van der Waals surface area contributed by atoms with E-state index in [0.29, 0.717) is 62.4 Å². The van der Waals surface area contributed by atoms with E-state index in [1.165, 1.54) is 6.08 Å². The first-order valence-electron chi connectivity index (χ1n) is 22.3. The molecule has 4 aliphatic heterocycles. The van der Waals surface area contributed by atoms with Crippen LogP contribution in [0, 0.1) is 22.7 Å². The summed E-state index contributed by atoms with van der Waals surface area (Å²) in [6.07, 6.45) is 6.44. The number of carbonyl (C=O) groups is 4. The van der Waals surface area contributed by atoms with Crippen molar-refractivity contribution in [3.63, 3.8) is 0 Å². The van der Waals surface area contributed by atoms with Gasteiger partial charge in [0, 0.05) is 35.9 Å². The van der Waals surface area contributed by atoms with E-state index in [1.807, 2.05) is 32.5 Å². The first-order chi connectivity index (χ1) is 28.3. The second kappa shape index (κ2) is 15.8. The lowest BCUT2D eigenvalue weighted by Crippen LogP contribution is -2.73. The van der Waals surface area contributed by atoms with Gasteiger partial charge in [-0.25, -0.2) is 9.59 Å². The number of fused-ring (bicyclic) bond motifs is 5. The standard InChI is InChI=1S/C44H66N4O11S/c1-24-21-32(57-36(51)25(24)2)41(5,54)43(56)18-17-42(55)27-22-33-44(59-33)31(14-13-30(49)40(44,4)26(27)15-16-39(42,43)3)58-38(53)46-20-10-6-9-19-45-34(50)12-8-7-11-29-35-28(23-60-29)47-37(52)48-35/h13-14,26-29,31-33,35-36,51,54-56H,6-12,15-23H2,1-5H3,(H,45,50)(H,46,53)(H2,47,48,52)/t26?,27?,28?,29?,31-,32?,33+,35?,36?,39-,40-,41?,42+,43-,44+/m0/s1. The molecule has 0 radical (unpaired) electrons. The molecule has 4 amide bonds. The Kier molecular flexibility index (Phi) is 11.6. The Balaban J connectivity index is 0.803. The number of ether oxygens (including phenoxy) is 3. The zero-order valence-corrected chi connectivity index (χ0v) is 36.5. The van der Waals surface area contributed by atoms with Gasteiger partial charge in [0.1, 0.15) is 16.8 Å². The SMILES string of the molecule is CC1=C(C)C(O)OC(C(C)(O)[C@]2(O)CC[C@@]3(O)C4C[C@H]5O[C@]56[C@@H](OC(=O)NCCCCCNC(=O)CCCCC5SCC7NC(=O)NC75)C=CC(=O)[C@]6(C)C4CC[C@@]32C)C1. The molecule has 3 saturated carbocycles. The van der Waals surface area contributed by atoms with Crippen molar-refractivity contribution in [1.29, 1.82) is 0 Å². The van der Waals surface area contributed by atoms with E-state index in [1.54, 1.807) is 19.9 Å². The monoisotopic (exact) mass is 858 g/mol. The molecule has 0 aromatic rings. The number of aliphatic hydroxyl groups excluding tert-OH is 1. The molecule has 16 heteroatoms. The van der Waals surface area contributed by atoms with Crippen LogP contribution in [0.4, 0.5) is 9.59 Å². The van der Waals surface area contributed by atoms with Gasteiger partial charge in [0.15, 0.2) is 18.2 Å². The summed E-state index contributed by atoms with van der Waals surface area (Å²) in [5.74, 6) is 0.0521. The average molecular weight is 859 g/mol.